The largest absolute Gasteiger partial charge is 0.356 e. The summed E-state index contributed by atoms with van der Waals surface area (Å²) in [6.07, 6.45) is 8.93. The Labute approximate surface area is 152 Å². The Hall–Kier alpha value is -2.83. The van der Waals surface area contributed by atoms with Gasteiger partial charge in [-0.05, 0) is 40.0 Å². The van der Waals surface area contributed by atoms with E-state index in [0.717, 1.165) is 47.2 Å². The quantitative estimate of drug-likeness (QED) is 0.715. The SMILES string of the molecule is Cc1cnc(-c2nc(N3CCCCC3)ncc2-c2onc(C)c2C)cn1. The number of rotatable bonds is 3. The molecule has 0 aromatic carbocycles. The van der Waals surface area contributed by atoms with Crippen LogP contribution in [0.3, 0.4) is 0 Å². The highest BCUT2D eigenvalue weighted by Gasteiger charge is 2.22. The smallest absolute Gasteiger partial charge is 0.225 e. The molecule has 3 aromatic rings. The van der Waals surface area contributed by atoms with Crippen molar-refractivity contribution in [3.8, 4) is 22.7 Å². The van der Waals surface area contributed by atoms with Gasteiger partial charge in [-0.3, -0.25) is 9.97 Å². The summed E-state index contributed by atoms with van der Waals surface area (Å²) >= 11 is 0. The van der Waals surface area contributed by atoms with Crippen LogP contribution in [0, 0.1) is 20.8 Å². The minimum Gasteiger partial charge on any atom is -0.356 e. The summed E-state index contributed by atoms with van der Waals surface area (Å²) in [5.74, 6) is 1.42. The second-order valence-corrected chi connectivity index (χ2v) is 6.75. The molecule has 1 fully saturated rings. The maximum atomic E-state index is 5.56. The Kier molecular flexibility index (Phi) is 4.36. The minimum absolute atomic E-state index is 0.685. The van der Waals surface area contributed by atoms with E-state index in [9.17, 15) is 0 Å². The summed E-state index contributed by atoms with van der Waals surface area (Å²) in [5, 5.41) is 4.08. The summed E-state index contributed by atoms with van der Waals surface area (Å²) in [4.78, 5) is 20.6. The third-order valence-electron chi connectivity index (χ3n) is 4.84. The highest BCUT2D eigenvalue weighted by molar-refractivity contribution is 5.78. The molecule has 1 aliphatic rings. The van der Waals surface area contributed by atoms with Crippen LogP contribution in [0.4, 0.5) is 5.95 Å². The summed E-state index contributed by atoms with van der Waals surface area (Å²) in [6, 6.07) is 0. The van der Waals surface area contributed by atoms with E-state index in [4.69, 9.17) is 9.51 Å². The molecule has 0 spiro atoms. The average Bonchev–Trinajstić information content (AvgIpc) is 3.01. The van der Waals surface area contributed by atoms with Gasteiger partial charge in [-0.15, -0.1) is 0 Å². The highest BCUT2D eigenvalue weighted by atomic mass is 16.5. The molecule has 1 aliphatic heterocycles. The van der Waals surface area contributed by atoms with Crippen LogP contribution >= 0.6 is 0 Å². The van der Waals surface area contributed by atoms with Gasteiger partial charge < -0.3 is 9.42 Å². The maximum Gasteiger partial charge on any atom is 0.225 e. The monoisotopic (exact) mass is 350 g/mol. The number of hydrogen-bond acceptors (Lipinski definition) is 7. The van der Waals surface area contributed by atoms with Crippen molar-refractivity contribution in [2.24, 2.45) is 0 Å². The molecule has 3 aromatic heterocycles. The molecular weight excluding hydrogens is 328 g/mol. The van der Waals surface area contributed by atoms with Crippen molar-refractivity contribution in [3.05, 3.63) is 35.5 Å². The van der Waals surface area contributed by atoms with E-state index in [-0.39, 0.29) is 0 Å². The van der Waals surface area contributed by atoms with Gasteiger partial charge in [0.2, 0.25) is 5.95 Å². The van der Waals surface area contributed by atoms with Crippen molar-refractivity contribution in [1.29, 1.82) is 0 Å². The van der Waals surface area contributed by atoms with E-state index in [1.807, 2.05) is 27.0 Å². The van der Waals surface area contributed by atoms with E-state index in [1.165, 1.54) is 19.3 Å². The van der Waals surface area contributed by atoms with Crippen molar-refractivity contribution < 1.29 is 4.52 Å². The van der Waals surface area contributed by atoms with Crippen LogP contribution in [0.5, 0.6) is 0 Å². The molecule has 0 bridgehead atoms. The standard InChI is InChI=1S/C19H22N6O/c1-12-9-21-16(11-20-12)17-15(18-13(2)14(3)24-26-18)10-22-19(23-17)25-7-5-4-6-8-25/h9-11H,4-8H2,1-3H3. The lowest BCUT2D eigenvalue weighted by molar-refractivity contribution is 0.426. The number of aromatic nitrogens is 5. The van der Waals surface area contributed by atoms with Crippen LogP contribution in [0.2, 0.25) is 0 Å². The molecule has 7 nitrogen and oxygen atoms in total. The molecule has 0 atom stereocenters. The Morgan fingerprint density at radius 1 is 0.923 bits per heavy atom. The van der Waals surface area contributed by atoms with Gasteiger partial charge in [-0.25, -0.2) is 9.97 Å². The first kappa shape index (κ1) is 16.6. The fourth-order valence-corrected chi connectivity index (χ4v) is 3.16. The fourth-order valence-electron chi connectivity index (χ4n) is 3.16. The first-order valence-corrected chi connectivity index (χ1v) is 8.98. The highest BCUT2D eigenvalue weighted by Crippen LogP contribution is 2.33. The second kappa shape index (κ2) is 6.82. The van der Waals surface area contributed by atoms with Crippen LogP contribution < -0.4 is 4.90 Å². The lowest BCUT2D eigenvalue weighted by Crippen LogP contribution is -2.31. The van der Waals surface area contributed by atoms with Gasteiger partial charge in [-0.2, -0.15) is 0 Å². The third kappa shape index (κ3) is 3.05. The molecule has 0 aliphatic carbocycles. The van der Waals surface area contributed by atoms with Crippen molar-refractivity contribution in [3.63, 3.8) is 0 Å². The second-order valence-electron chi connectivity index (χ2n) is 6.75. The van der Waals surface area contributed by atoms with Gasteiger partial charge in [0.25, 0.3) is 0 Å². The van der Waals surface area contributed by atoms with E-state index in [0.29, 0.717) is 11.5 Å². The van der Waals surface area contributed by atoms with Gasteiger partial charge >= 0.3 is 0 Å². The zero-order valence-electron chi connectivity index (χ0n) is 15.4. The summed E-state index contributed by atoms with van der Waals surface area (Å²) in [5.41, 5.74) is 4.95. The van der Waals surface area contributed by atoms with Gasteiger partial charge in [-0.1, -0.05) is 5.16 Å². The van der Waals surface area contributed by atoms with E-state index >= 15 is 0 Å². The van der Waals surface area contributed by atoms with Crippen LogP contribution in [-0.4, -0.2) is 38.2 Å². The van der Waals surface area contributed by atoms with E-state index in [2.05, 4.69) is 25.0 Å². The molecule has 4 heterocycles. The lowest BCUT2D eigenvalue weighted by Gasteiger charge is -2.27. The number of nitrogens with zero attached hydrogens (tertiary/aromatic N) is 6. The Bertz CT molecular complexity index is 912. The predicted molar refractivity (Wildman–Crippen MR) is 98.8 cm³/mol. The van der Waals surface area contributed by atoms with Crippen LogP contribution in [0.25, 0.3) is 22.7 Å². The number of anilines is 1. The molecule has 0 radical (unpaired) electrons. The summed E-state index contributed by atoms with van der Waals surface area (Å²) < 4.78 is 5.56. The van der Waals surface area contributed by atoms with E-state index < -0.39 is 0 Å². The predicted octanol–water partition coefficient (Wildman–Crippen LogP) is 3.50. The zero-order chi connectivity index (χ0) is 18.1. The van der Waals surface area contributed by atoms with Crippen LogP contribution in [-0.2, 0) is 0 Å². The lowest BCUT2D eigenvalue weighted by atomic mass is 10.1. The van der Waals surface area contributed by atoms with Crippen molar-refractivity contribution in [1.82, 2.24) is 25.1 Å². The normalized spacial score (nSPS) is 14.7. The topological polar surface area (TPSA) is 80.8 Å². The van der Waals surface area contributed by atoms with Gasteiger partial charge in [0.1, 0.15) is 11.4 Å². The Balaban J connectivity index is 1.85. The number of aryl methyl sites for hydroxylation is 2. The van der Waals surface area contributed by atoms with Crippen molar-refractivity contribution in [2.75, 3.05) is 18.0 Å². The van der Waals surface area contributed by atoms with Gasteiger partial charge in [0.15, 0.2) is 5.76 Å². The van der Waals surface area contributed by atoms with Gasteiger partial charge in [0, 0.05) is 31.0 Å². The van der Waals surface area contributed by atoms with Crippen molar-refractivity contribution in [2.45, 2.75) is 40.0 Å². The Morgan fingerprint density at radius 2 is 1.73 bits per heavy atom. The van der Waals surface area contributed by atoms with E-state index in [1.54, 1.807) is 12.4 Å². The first-order chi connectivity index (χ1) is 12.6. The maximum absolute atomic E-state index is 5.56. The third-order valence-corrected chi connectivity index (χ3v) is 4.84. The molecule has 0 unspecified atom stereocenters. The molecule has 0 saturated carbocycles. The van der Waals surface area contributed by atoms with Crippen LogP contribution in [0.15, 0.2) is 23.1 Å². The van der Waals surface area contributed by atoms with Crippen LogP contribution in [0.1, 0.15) is 36.2 Å². The molecule has 0 N–H and O–H groups in total. The first-order valence-electron chi connectivity index (χ1n) is 8.98. The molecule has 7 heteroatoms. The summed E-state index contributed by atoms with van der Waals surface area (Å²) in [7, 11) is 0. The molecule has 26 heavy (non-hydrogen) atoms. The molecule has 0 amide bonds. The molecular formula is C19H22N6O. The molecule has 134 valence electrons. The average molecular weight is 350 g/mol. The molecule has 4 rings (SSSR count). The number of piperidine rings is 1. The minimum atomic E-state index is 0.685. The molecule has 1 saturated heterocycles. The summed E-state index contributed by atoms with van der Waals surface area (Å²) in [6.45, 7) is 7.80. The zero-order valence-corrected chi connectivity index (χ0v) is 15.4. The Morgan fingerprint density at radius 3 is 2.38 bits per heavy atom. The fraction of sp³-hybridized carbons (Fsp3) is 0.421. The van der Waals surface area contributed by atoms with Crippen molar-refractivity contribution >= 4 is 5.95 Å². The number of hydrogen-bond donors (Lipinski definition) is 0. The van der Waals surface area contributed by atoms with Gasteiger partial charge in [0.05, 0.1) is 23.1 Å².